The number of amides is 3. The van der Waals surface area contributed by atoms with E-state index in [0.717, 1.165) is 17.7 Å². The Kier molecular flexibility index (Phi) is 4.42. The maximum absolute atomic E-state index is 11.7. The molecule has 0 radical (unpaired) electrons. The van der Waals surface area contributed by atoms with Gasteiger partial charge in [-0.3, -0.25) is 19.3 Å². The highest BCUT2D eigenvalue weighted by atomic mass is 16.2. The Morgan fingerprint density at radius 1 is 1.25 bits per heavy atom. The van der Waals surface area contributed by atoms with Crippen LogP contribution in [0.25, 0.3) is 0 Å². The monoisotopic (exact) mass is 227 g/mol. The third-order valence-corrected chi connectivity index (χ3v) is 2.55. The number of rotatable bonds is 2. The van der Waals surface area contributed by atoms with Crippen LogP contribution in [0.2, 0.25) is 0 Å². The van der Waals surface area contributed by atoms with Crippen molar-refractivity contribution in [2.75, 3.05) is 26.2 Å². The summed E-state index contributed by atoms with van der Waals surface area (Å²) in [6.07, 6.45) is 1.83. The minimum Gasteiger partial charge on any atom is -0.334 e. The summed E-state index contributed by atoms with van der Waals surface area (Å²) in [7, 11) is 0. The van der Waals surface area contributed by atoms with Crippen LogP contribution in [-0.2, 0) is 14.4 Å². The molecule has 3 amide bonds. The van der Waals surface area contributed by atoms with E-state index in [1.165, 1.54) is 11.8 Å². The van der Waals surface area contributed by atoms with Gasteiger partial charge in [0.25, 0.3) is 0 Å². The van der Waals surface area contributed by atoms with Crippen LogP contribution in [0, 0.1) is 0 Å². The Morgan fingerprint density at radius 3 is 2.25 bits per heavy atom. The summed E-state index contributed by atoms with van der Waals surface area (Å²) in [4.78, 5) is 37.0. The Bertz CT molecular complexity index is 298. The summed E-state index contributed by atoms with van der Waals surface area (Å²) in [6.45, 7) is 2.70. The highest BCUT2D eigenvalue weighted by molar-refractivity contribution is 6.37. The zero-order valence-corrected chi connectivity index (χ0v) is 9.44. The molecule has 1 aliphatic heterocycles. The van der Waals surface area contributed by atoms with Crippen molar-refractivity contribution in [3.8, 4) is 0 Å². The Balaban J connectivity index is 2.65. The van der Waals surface area contributed by atoms with Gasteiger partial charge in [0, 0.05) is 33.1 Å². The first-order valence-electron chi connectivity index (χ1n) is 5.39. The van der Waals surface area contributed by atoms with Crippen LogP contribution >= 0.6 is 0 Å². The van der Waals surface area contributed by atoms with Crippen LogP contribution in [0.15, 0.2) is 0 Å². The van der Waals surface area contributed by atoms with Crippen molar-refractivity contribution in [3.05, 3.63) is 0 Å². The summed E-state index contributed by atoms with van der Waals surface area (Å²) in [5, 5.41) is 0. The fourth-order valence-corrected chi connectivity index (χ4v) is 1.70. The molecule has 1 fully saturated rings. The highest BCUT2D eigenvalue weighted by Gasteiger charge is 2.30. The second-order valence-corrected chi connectivity index (χ2v) is 3.76. The zero-order valence-electron chi connectivity index (χ0n) is 9.44. The second-order valence-electron chi connectivity index (χ2n) is 3.76. The number of carbonyl (C=O) groups excluding carboxylic acids is 3. The first-order valence-corrected chi connectivity index (χ1v) is 5.39. The van der Waals surface area contributed by atoms with E-state index in [9.17, 15) is 14.4 Å². The van der Waals surface area contributed by atoms with Crippen molar-refractivity contribution in [1.29, 1.82) is 0 Å². The van der Waals surface area contributed by atoms with Gasteiger partial charge in [-0.15, -0.1) is 0 Å². The molecule has 0 aromatic rings. The molecular formula is C10H17N3O3. The molecule has 1 heterocycles. The molecule has 0 aliphatic carbocycles. The van der Waals surface area contributed by atoms with Crippen molar-refractivity contribution < 1.29 is 14.4 Å². The molecule has 1 aliphatic rings. The number of carbonyl (C=O) groups is 3. The topological polar surface area (TPSA) is 83.7 Å². The number of imide groups is 1. The molecule has 0 unspecified atom stereocenters. The predicted molar refractivity (Wildman–Crippen MR) is 57.3 cm³/mol. The zero-order chi connectivity index (χ0) is 12.1. The van der Waals surface area contributed by atoms with Crippen molar-refractivity contribution in [2.24, 2.45) is 5.73 Å². The molecule has 0 aromatic carbocycles. The van der Waals surface area contributed by atoms with E-state index in [4.69, 9.17) is 5.73 Å². The largest absolute Gasteiger partial charge is 0.334 e. The molecule has 0 spiro atoms. The minimum atomic E-state index is -0.764. The van der Waals surface area contributed by atoms with E-state index in [1.807, 2.05) is 0 Å². The molecule has 90 valence electrons. The van der Waals surface area contributed by atoms with E-state index < -0.39 is 17.7 Å². The summed E-state index contributed by atoms with van der Waals surface area (Å²) in [5.41, 5.74) is 5.29. The quantitative estimate of drug-likeness (QED) is 0.610. The Labute approximate surface area is 94.4 Å². The van der Waals surface area contributed by atoms with Crippen molar-refractivity contribution in [1.82, 2.24) is 9.80 Å². The number of likely N-dealkylation sites (tertiary alicyclic amines) is 1. The standard InChI is InChI=1S/C10H17N3O3/c1-8(14)13(7-4-11)10(16)9(15)12-5-2-3-6-12/h2-7,11H2,1H3. The summed E-state index contributed by atoms with van der Waals surface area (Å²) >= 11 is 0. The Morgan fingerprint density at radius 2 is 1.81 bits per heavy atom. The molecule has 0 bridgehead atoms. The van der Waals surface area contributed by atoms with Crippen LogP contribution in [0.1, 0.15) is 19.8 Å². The third-order valence-electron chi connectivity index (χ3n) is 2.55. The van der Waals surface area contributed by atoms with Gasteiger partial charge in [0.1, 0.15) is 0 Å². The summed E-state index contributed by atoms with van der Waals surface area (Å²) in [5.74, 6) is -1.80. The lowest BCUT2D eigenvalue weighted by Gasteiger charge is -2.21. The van der Waals surface area contributed by atoms with Gasteiger partial charge in [0.2, 0.25) is 5.91 Å². The molecule has 0 atom stereocenters. The van der Waals surface area contributed by atoms with Gasteiger partial charge in [-0.25, -0.2) is 0 Å². The molecule has 0 aromatic heterocycles. The average Bonchev–Trinajstić information content (AvgIpc) is 2.76. The van der Waals surface area contributed by atoms with E-state index >= 15 is 0 Å². The highest BCUT2D eigenvalue weighted by Crippen LogP contribution is 2.08. The molecular weight excluding hydrogens is 210 g/mol. The predicted octanol–water partition coefficient (Wildman–Crippen LogP) is -1.06. The van der Waals surface area contributed by atoms with Gasteiger partial charge < -0.3 is 10.6 Å². The fourth-order valence-electron chi connectivity index (χ4n) is 1.70. The smallest absolute Gasteiger partial charge is 0.318 e. The fraction of sp³-hybridized carbons (Fsp3) is 0.700. The van der Waals surface area contributed by atoms with Gasteiger partial charge in [-0.05, 0) is 12.8 Å². The van der Waals surface area contributed by atoms with Gasteiger partial charge >= 0.3 is 11.8 Å². The van der Waals surface area contributed by atoms with Crippen LogP contribution in [0.3, 0.4) is 0 Å². The SMILES string of the molecule is CC(=O)N(CCN)C(=O)C(=O)N1CCCC1. The number of hydrogen-bond acceptors (Lipinski definition) is 4. The van der Waals surface area contributed by atoms with E-state index in [1.54, 1.807) is 0 Å². The van der Waals surface area contributed by atoms with Crippen LogP contribution in [0.5, 0.6) is 0 Å². The van der Waals surface area contributed by atoms with Crippen molar-refractivity contribution in [3.63, 3.8) is 0 Å². The van der Waals surface area contributed by atoms with Gasteiger partial charge in [0.15, 0.2) is 0 Å². The van der Waals surface area contributed by atoms with E-state index in [2.05, 4.69) is 0 Å². The minimum absolute atomic E-state index is 0.0910. The maximum Gasteiger partial charge on any atom is 0.318 e. The summed E-state index contributed by atoms with van der Waals surface area (Å²) in [6, 6.07) is 0. The van der Waals surface area contributed by atoms with E-state index in [0.29, 0.717) is 13.1 Å². The third kappa shape index (κ3) is 2.79. The lowest BCUT2D eigenvalue weighted by atomic mass is 10.4. The first-order chi connectivity index (χ1) is 7.57. The Hall–Kier alpha value is -1.43. The van der Waals surface area contributed by atoms with Crippen molar-refractivity contribution in [2.45, 2.75) is 19.8 Å². The van der Waals surface area contributed by atoms with Gasteiger partial charge in [-0.1, -0.05) is 0 Å². The normalized spacial score (nSPS) is 15.0. The average molecular weight is 227 g/mol. The summed E-state index contributed by atoms with van der Waals surface area (Å²) < 4.78 is 0. The molecule has 1 saturated heterocycles. The molecule has 16 heavy (non-hydrogen) atoms. The molecule has 6 nitrogen and oxygen atoms in total. The lowest BCUT2D eigenvalue weighted by Crippen LogP contribution is -2.47. The molecule has 1 rings (SSSR count). The van der Waals surface area contributed by atoms with Crippen LogP contribution < -0.4 is 5.73 Å². The second kappa shape index (κ2) is 5.60. The molecule has 0 saturated carbocycles. The van der Waals surface area contributed by atoms with Crippen molar-refractivity contribution >= 4 is 17.7 Å². The number of nitrogens with two attached hydrogens (primary N) is 1. The first kappa shape index (κ1) is 12.6. The van der Waals surface area contributed by atoms with Gasteiger partial charge in [-0.2, -0.15) is 0 Å². The molecule has 6 heteroatoms. The van der Waals surface area contributed by atoms with Gasteiger partial charge in [0.05, 0.1) is 0 Å². The van der Waals surface area contributed by atoms with E-state index in [-0.39, 0.29) is 13.1 Å². The molecule has 2 N–H and O–H groups in total. The van der Waals surface area contributed by atoms with Crippen LogP contribution in [0.4, 0.5) is 0 Å². The maximum atomic E-state index is 11.7. The number of hydrogen-bond donors (Lipinski definition) is 1. The lowest BCUT2D eigenvalue weighted by molar-refractivity contribution is -0.155. The van der Waals surface area contributed by atoms with Crippen LogP contribution in [-0.4, -0.2) is 53.7 Å². The number of nitrogens with zero attached hydrogens (tertiary/aromatic N) is 2.